The molecule has 1 rings (SSSR count). The van der Waals surface area contributed by atoms with Crippen LogP contribution in [-0.4, -0.2) is 37.6 Å². The van der Waals surface area contributed by atoms with Crippen LogP contribution in [0.2, 0.25) is 0 Å². The zero-order valence-corrected chi connectivity index (χ0v) is 9.14. The molecule has 0 aliphatic carbocycles. The number of hydrogen-bond acceptors (Lipinski definition) is 4. The van der Waals surface area contributed by atoms with Crippen LogP contribution < -0.4 is 10.6 Å². The molecule has 1 aromatic heterocycles. The summed E-state index contributed by atoms with van der Waals surface area (Å²) in [5.41, 5.74) is 5.21. The van der Waals surface area contributed by atoms with E-state index in [0.717, 1.165) is 0 Å². The number of carbonyl (C=O) groups is 2. The third kappa shape index (κ3) is 2.77. The first kappa shape index (κ1) is 12.1. The number of ether oxygens (including phenoxy) is 1. The molecule has 0 unspecified atom stereocenters. The lowest BCUT2D eigenvalue weighted by Gasteiger charge is -2.15. The third-order valence-corrected chi connectivity index (χ3v) is 1.97. The van der Waals surface area contributed by atoms with Gasteiger partial charge in [-0.2, -0.15) is 0 Å². The van der Waals surface area contributed by atoms with E-state index in [2.05, 4.69) is 4.98 Å². The number of amides is 2. The number of likely N-dealkylation sites (N-methyl/N-ethyl adjacent to an activating group) is 1. The second-order valence-corrected chi connectivity index (χ2v) is 3.13. The van der Waals surface area contributed by atoms with Gasteiger partial charge in [-0.05, 0) is 12.1 Å². The van der Waals surface area contributed by atoms with Gasteiger partial charge in [0.25, 0.3) is 11.8 Å². The summed E-state index contributed by atoms with van der Waals surface area (Å²) in [6.07, 6.45) is 0. The second kappa shape index (κ2) is 5.22. The molecule has 0 aliphatic heterocycles. The predicted octanol–water partition coefficient (Wildman–Crippen LogP) is -0.210. The average Bonchev–Trinajstić information content (AvgIpc) is 2.28. The molecule has 2 N–H and O–H groups in total. The molecule has 0 bridgehead atoms. The highest BCUT2D eigenvalue weighted by Gasteiger charge is 2.12. The highest BCUT2D eigenvalue weighted by atomic mass is 16.5. The Morgan fingerprint density at radius 3 is 2.75 bits per heavy atom. The van der Waals surface area contributed by atoms with Gasteiger partial charge in [-0.1, -0.05) is 6.07 Å². The molecule has 0 saturated carbocycles. The summed E-state index contributed by atoms with van der Waals surface area (Å²) in [6.45, 7) is -0.0427. The normalized spacial score (nSPS) is 9.88. The second-order valence-electron chi connectivity index (χ2n) is 3.13. The van der Waals surface area contributed by atoms with Crippen molar-refractivity contribution in [1.29, 1.82) is 0 Å². The van der Waals surface area contributed by atoms with Gasteiger partial charge in [0.1, 0.15) is 18.1 Å². The van der Waals surface area contributed by atoms with Gasteiger partial charge >= 0.3 is 0 Å². The van der Waals surface area contributed by atoms with Crippen LogP contribution in [0.1, 0.15) is 10.5 Å². The molecule has 0 atom stereocenters. The molecule has 86 valence electrons. The molecule has 0 saturated heterocycles. The summed E-state index contributed by atoms with van der Waals surface area (Å²) in [4.78, 5) is 27.6. The van der Waals surface area contributed by atoms with E-state index in [9.17, 15) is 9.59 Å². The lowest BCUT2D eigenvalue weighted by molar-refractivity contribution is -0.121. The average molecular weight is 223 g/mol. The van der Waals surface area contributed by atoms with Crippen molar-refractivity contribution >= 4 is 17.6 Å². The van der Waals surface area contributed by atoms with E-state index in [4.69, 9.17) is 10.5 Å². The SMILES string of the molecule is COCC(=O)N(C)c1cccc(C(N)=O)n1. The van der Waals surface area contributed by atoms with Gasteiger partial charge in [0, 0.05) is 14.2 Å². The van der Waals surface area contributed by atoms with Crippen LogP contribution in [0.4, 0.5) is 5.82 Å². The molecule has 0 radical (unpaired) electrons. The number of nitrogens with two attached hydrogens (primary N) is 1. The van der Waals surface area contributed by atoms with Crippen molar-refractivity contribution in [3.63, 3.8) is 0 Å². The molecule has 0 aliphatic rings. The minimum absolute atomic E-state index is 0.0427. The predicted molar refractivity (Wildman–Crippen MR) is 58.0 cm³/mol. The number of nitrogens with zero attached hydrogens (tertiary/aromatic N) is 2. The molecule has 0 fully saturated rings. The van der Waals surface area contributed by atoms with Crippen LogP contribution in [0.5, 0.6) is 0 Å². The fourth-order valence-electron chi connectivity index (χ4n) is 1.10. The van der Waals surface area contributed by atoms with Crippen molar-refractivity contribution in [2.75, 3.05) is 25.7 Å². The number of pyridine rings is 1. The molecule has 1 aromatic rings. The van der Waals surface area contributed by atoms with Crippen molar-refractivity contribution in [3.05, 3.63) is 23.9 Å². The maximum atomic E-state index is 11.5. The van der Waals surface area contributed by atoms with Crippen LogP contribution in [0.15, 0.2) is 18.2 Å². The highest BCUT2D eigenvalue weighted by molar-refractivity contribution is 5.94. The largest absolute Gasteiger partial charge is 0.375 e. The number of methoxy groups -OCH3 is 1. The first-order chi connectivity index (χ1) is 7.56. The van der Waals surface area contributed by atoms with E-state index in [1.807, 2.05) is 0 Å². The molecule has 1 heterocycles. The maximum Gasteiger partial charge on any atom is 0.267 e. The molecule has 6 heteroatoms. The van der Waals surface area contributed by atoms with Gasteiger partial charge in [-0.25, -0.2) is 4.98 Å². The molecule has 6 nitrogen and oxygen atoms in total. The van der Waals surface area contributed by atoms with E-state index < -0.39 is 5.91 Å². The highest BCUT2D eigenvalue weighted by Crippen LogP contribution is 2.09. The molecule has 0 spiro atoms. The molecule has 2 amide bonds. The van der Waals surface area contributed by atoms with Crippen molar-refractivity contribution in [1.82, 2.24) is 4.98 Å². The zero-order valence-electron chi connectivity index (χ0n) is 9.14. The van der Waals surface area contributed by atoms with Crippen LogP contribution >= 0.6 is 0 Å². The summed E-state index contributed by atoms with van der Waals surface area (Å²) in [6, 6.07) is 4.71. The monoisotopic (exact) mass is 223 g/mol. The number of carbonyl (C=O) groups excluding carboxylic acids is 2. The van der Waals surface area contributed by atoms with E-state index in [0.29, 0.717) is 5.82 Å². The number of rotatable bonds is 4. The minimum Gasteiger partial charge on any atom is -0.375 e. The van der Waals surface area contributed by atoms with Crippen LogP contribution in [0.25, 0.3) is 0 Å². The summed E-state index contributed by atoms with van der Waals surface area (Å²) in [5, 5.41) is 0. The summed E-state index contributed by atoms with van der Waals surface area (Å²) < 4.78 is 4.71. The standard InChI is InChI=1S/C10H13N3O3/c1-13(9(14)6-16-2)8-5-3-4-7(12-8)10(11)15/h3-5H,6H2,1-2H3,(H2,11,15). The Morgan fingerprint density at radius 2 is 2.19 bits per heavy atom. The Hall–Kier alpha value is -1.95. The summed E-state index contributed by atoms with van der Waals surface area (Å²) >= 11 is 0. The Morgan fingerprint density at radius 1 is 1.50 bits per heavy atom. The van der Waals surface area contributed by atoms with Gasteiger partial charge < -0.3 is 10.5 Å². The summed E-state index contributed by atoms with van der Waals surface area (Å²) in [5.74, 6) is -0.524. The van der Waals surface area contributed by atoms with Crippen molar-refractivity contribution in [3.8, 4) is 0 Å². The Kier molecular flexibility index (Phi) is 3.96. The maximum absolute atomic E-state index is 11.5. The molecule has 0 aromatic carbocycles. The van der Waals surface area contributed by atoms with E-state index in [1.54, 1.807) is 19.2 Å². The Balaban J connectivity index is 2.91. The van der Waals surface area contributed by atoms with Gasteiger partial charge in [0.05, 0.1) is 0 Å². The Bertz CT molecular complexity index is 406. The van der Waals surface area contributed by atoms with Crippen molar-refractivity contribution in [2.45, 2.75) is 0 Å². The van der Waals surface area contributed by atoms with E-state index in [-0.39, 0.29) is 18.2 Å². The zero-order chi connectivity index (χ0) is 12.1. The smallest absolute Gasteiger partial charge is 0.267 e. The van der Waals surface area contributed by atoms with E-state index in [1.165, 1.54) is 18.1 Å². The van der Waals surface area contributed by atoms with Crippen LogP contribution in [0, 0.1) is 0 Å². The first-order valence-corrected chi connectivity index (χ1v) is 4.58. The summed E-state index contributed by atoms with van der Waals surface area (Å²) in [7, 11) is 2.98. The third-order valence-electron chi connectivity index (χ3n) is 1.97. The number of anilines is 1. The lowest BCUT2D eigenvalue weighted by Crippen LogP contribution is -2.31. The van der Waals surface area contributed by atoms with Crippen molar-refractivity contribution < 1.29 is 14.3 Å². The van der Waals surface area contributed by atoms with Crippen molar-refractivity contribution in [2.24, 2.45) is 5.73 Å². The molecular weight excluding hydrogens is 210 g/mol. The minimum atomic E-state index is -0.630. The van der Waals surface area contributed by atoms with Gasteiger partial charge in [0.2, 0.25) is 0 Å². The number of primary amides is 1. The van der Waals surface area contributed by atoms with Gasteiger partial charge in [-0.3, -0.25) is 14.5 Å². The topological polar surface area (TPSA) is 85.5 Å². The van der Waals surface area contributed by atoms with Crippen LogP contribution in [-0.2, 0) is 9.53 Å². The fraction of sp³-hybridized carbons (Fsp3) is 0.300. The molecule has 16 heavy (non-hydrogen) atoms. The Labute approximate surface area is 93.0 Å². The fourth-order valence-corrected chi connectivity index (χ4v) is 1.10. The first-order valence-electron chi connectivity index (χ1n) is 4.58. The van der Waals surface area contributed by atoms with Gasteiger partial charge in [0.15, 0.2) is 0 Å². The quantitative estimate of drug-likeness (QED) is 0.765. The lowest BCUT2D eigenvalue weighted by atomic mass is 10.3. The molecular formula is C10H13N3O3. The number of hydrogen-bond donors (Lipinski definition) is 1. The van der Waals surface area contributed by atoms with Crippen LogP contribution in [0.3, 0.4) is 0 Å². The van der Waals surface area contributed by atoms with E-state index >= 15 is 0 Å². The number of aromatic nitrogens is 1. The van der Waals surface area contributed by atoms with Gasteiger partial charge in [-0.15, -0.1) is 0 Å².